The molecule has 5 nitrogen and oxygen atoms in total. The summed E-state index contributed by atoms with van der Waals surface area (Å²) in [7, 11) is 4.93. The van der Waals surface area contributed by atoms with E-state index >= 15 is 0 Å². The van der Waals surface area contributed by atoms with Gasteiger partial charge in [-0.25, -0.2) is 0 Å². The Morgan fingerprint density at radius 3 is 2.46 bits per heavy atom. The van der Waals surface area contributed by atoms with Gasteiger partial charge < -0.3 is 24.8 Å². The van der Waals surface area contributed by atoms with Crippen LogP contribution in [-0.4, -0.2) is 33.0 Å². The zero-order valence-electron chi connectivity index (χ0n) is 15.7. The van der Waals surface area contributed by atoms with Crippen molar-refractivity contribution < 1.29 is 14.2 Å². The maximum Gasteiger partial charge on any atom is 0.166 e. The number of rotatable bonds is 8. The van der Waals surface area contributed by atoms with Gasteiger partial charge in [0.2, 0.25) is 0 Å². The molecule has 0 radical (unpaired) electrons. The maximum absolute atomic E-state index is 5.40. The zero-order valence-corrected chi connectivity index (χ0v) is 16.5. The van der Waals surface area contributed by atoms with Crippen LogP contribution < -0.4 is 24.8 Å². The summed E-state index contributed by atoms with van der Waals surface area (Å²) in [6.45, 7) is 2.79. The molecule has 0 heterocycles. The van der Waals surface area contributed by atoms with Crippen LogP contribution >= 0.6 is 12.2 Å². The fraction of sp³-hybridized carbons (Fsp3) is 0.350. The zero-order chi connectivity index (χ0) is 18.9. The molecule has 0 aromatic heterocycles. The van der Waals surface area contributed by atoms with Crippen LogP contribution in [0.4, 0.5) is 0 Å². The van der Waals surface area contributed by atoms with Crippen molar-refractivity contribution in [1.29, 1.82) is 0 Å². The Morgan fingerprint density at radius 2 is 1.77 bits per heavy atom. The molecule has 0 saturated heterocycles. The lowest BCUT2D eigenvalue weighted by Gasteiger charge is -2.18. The first-order valence-corrected chi connectivity index (χ1v) is 8.87. The minimum absolute atomic E-state index is 0.0891. The van der Waals surface area contributed by atoms with Crippen molar-refractivity contribution in [2.24, 2.45) is 0 Å². The molecule has 2 aromatic rings. The van der Waals surface area contributed by atoms with Gasteiger partial charge in [-0.15, -0.1) is 0 Å². The van der Waals surface area contributed by atoms with E-state index in [0.717, 1.165) is 41.3 Å². The van der Waals surface area contributed by atoms with Crippen LogP contribution in [0.2, 0.25) is 0 Å². The van der Waals surface area contributed by atoms with Crippen LogP contribution in [0.5, 0.6) is 17.2 Å². The minimum atomic E-state index is 0.0891. The van der Waals surface area contributed by atoms with Crippen LogP contribution in [0.25, 0.3) is 0 Å². The highest BCUT2D eigenvalue weighted by Gasteiger charge is 2.08. The molecule has 6 heteroatoms. The smallest absolute Gasteiger partial charge is 0.166 e. The molecule has 1 unspecified atom stereocenters. The van der Waals surface area contributed by atoms with Crippen molar-refractivity contribution in [3.05, 3.63) is 53.6 Å². The molecule has 26 heavy (non-hydrogen) atoms. The summed E-state index contributed by atoms with van der Waals surface area (Å²) in [5.74, 6) is 2.30. The topological polar surface area (TPSA) is 51.8 Å². The van der Waals surface area contributed by atoms with Crippen LogP contribution in [0.3, 0.4) is 0 Å². The van der Waals surface area contributed by atoms with E-state index in [1.807, 2.05) is 42.5 Å². The molecule has 0 aliphatic rings. The predicted octanol–water partition coefficient (Wildman–Crippen LogP) is 3.48. The van der Waals surface area contributed by atoms with Crippen molar-refractivity contribution in [1.82, 2.24) is 10.6 Å². The standard InChI is InChI=1S/C20H26N2O3S/c1-14(16-6-5-7-17(13-16)23-2)22-20(26)21-11-10-15-8-9-18(24-3)19(12-15)25-4/h5-9,12-14H,10-11H2,1-4H3,(H2,21,22,26). The lowest BCUT2D eigenvalue weighted by Crippen LogP contribution is -2.37. The number of benzene rings is 2. The number of ether oxygens (including phenoxy) is 3. The predicted molar refractivity (Wildman–Crippen MR) is 108 cm³/mol. The highest BCUT2D eigenvalue weighted by Crippen LogP contribution is 2.27. The molecule has 1 atom stereocenters. The van der Waals surface area contributed by atoms with Crippen molar-refractivity contribution in [2.45, 2.75) is 19.4 Å². The van der Waals surface area contributed by atoms with Crippen molar-refractivity contribution in [2.75, 3.05) is 27.9 Å². The Hall–Kier alpha value is -2.47. The molecule has 0 aliphatic heterocycles. The van der Waals surface area contributed by atoms with Crippen LogP contribution in [-0.2, 0) is 6.42 Å². The van der Waals surface area contributed by atoms with E-state index in [2.05, 4.69) is 17.6 Å². The van der Waals surface area contributed by atoms with Gasteiger partial charge in [0.25, 0.3) is 0 Å². The summed E-state index contributed by atoms with van der Waals surface area (Å²) in [6.07, 6.45) is 0.829. The van der Waals surface area contributed by atoms with Crippen LogP contribution in [0.15, 0.2) is 42.5 Å². The molecular formula is C20H26N2O3S. The van der Waals surface area contributed by atoms with Gasteiger partial charge in [-0.1, -0.05) is 18.2 Å². The summed E-state index contributed by atoms with van der Waals surface area (Å²) in [5.41, 5.74) is 2.27. The number of methoxy groups -OCH3 is 3. The molecular weight excluding hydrogens is 348 g/mol. The molecule has 2 N–H and O–H groups in total. The summed E-state index contributed by atoms with van der Waals surface area (Å²) in [5, 5.41) is 7.16. The Labute approximate surface area is 160 Å². The van der Waals surface area contributed by atoms with Crippen molar-refractivity contribution >= 4 is 17.3 Å². The molecule has 0 spiro atoms. The van der Waals surface area contributed by atoms with E-state index in [1.54, 1.807) is 21.3 Å². The monoisotopic (exact) mass is 374 g/mol. The first-order valence-electron chi connectivity index (χ1n) is 8.46. The van der Waals surface area contributed by atoms with Gasteiger partial charge in [0.15, 0.2) is 16.6 Å². The quantitative estimate of drug-likeness (QED) is 0.690. The molecule has 2 rings (SSSR count). The van der Waals surface area contributed by atoms with E-state index in [0.29, 0.717) is 5.11 Å². The van der Waals surface area contributed by atoms with Crippen molar-refractivity contribution in [3.63, 3.8) is 0 Å². The first-order chi connectivity index (χ1) is 12.6. The van der Waals surface area contributed by atoms with Gasteiger partial charge in [-0.05, 0) is 61.0 Å². The Morgan fingerprint density at radius 1 is 1.00 bits per heavy atom. The minimum Gasteiger partial charge on any atom is -0.497 e. The average Bonchev–Trinajstić information content (AvgIpc) is 2.67. The van der Waals surface area contributed by atoms with Gasteiger partial charge in [-0.2, -0.15) is 0 Å². The fourth-order valence-electron chi connectivity index (χ4n) is 2.60. The lowest BCUT2D eigenvalue weighted by atomic mass is 10.1. The second-order valence-electron chi connectivity index (χ2n) is 5.84. The summed E-state index contributed by atoms with van der Waals surface area (Å²) >= 11 is 5.40. The fourth-order valence-corrected chi connectivity index (χ4v) is 2.88. The third-order valence-corrected chi connectivity index (χ3v) is 4.35. The third kappa shape index (κ3) is 5.52. The summed E-state index contributed by atoms with van der Waals surface area (Å²) < 4.78 is 15.9. The first kappa shape index (κ1) is 19.8. The molecule has 0 bridgehead atoms. The largest absolute Gasteiger partial charge is 0.497 e. The van der Waals surface area contributed by atoms with E-state index < -0.39 is 0 Å². The Bertz CT molecular complexity index is 737. The normalized spacial score (nSPS) is 11.4. The SMILES string of the molecule is COc1cccc(C(C)NC(=S)NCCc2ccc(OC)c(OC)c2)c1. The third-order valence-electron chi connectivity index (χ3n) is 4.09. The highest BCUT2D eigenvalue weighted by atomic mass is 32.1. The van der Waals surface area contributed by atoms with Crippen molar-refractivity contribution in [3.8, 4) is 17.2 Å². The lowest BCUT2D eigenvalue weighted by molar-refractivity contribution is 0.354. The molecule has 2 aromatic carbocycles. The number of nitrogens with one attached hydrogen (secondary N) is 2. The maximum atomic E-state index is 5.40. The van der Waals surface area contributed by atoms with E-state index in [9.17, 15) is 0 Å². The van der Waals surface area contributed by atoms with Crippen LogP contribution in [0, 0.1) is 0 Å². The number of hydrogen-bond acceptors (Lipinski definition) is 4. The second-order valence-corrected chi connectivity index (χ2v) is 6.25. The van der Waals surface area contributed by atoms with Gasteiger partial charge in [0, 0.05) is 6.54 Å². The number of hydrogen-bond donors (Lipinski definition) is 2. The molecule has 0 saturated carbocycles. The van der Waals surface area contributed by atoms with E-state index in [-0.39, 0.29) is 6.04 Å². The van der Waals surface area contributed by atoms with E-state index in [4.69, 9.17) is 26.4 Å². The molecule has 0 fully saturated rings. The summed E-state index contributed by atoms with van der Waals surface area (Å²) in [4.78, 5) is 0. The number of thiocarbonyl (C=S) groups is 1. The van der Waals surface area contributed by atoms with Gasteiger partial charge in [0.1, 0.15) is 5.75 Å². The average molecular weight is 375 g/mol. The Balaban J connectivity index is 1.83. The molecule has 0 aliphatic carbocycles. The van der Waals surface area contributed by atoms with Gasteiger partial charge in [0.05, 0.1) is 27.4 Å². The second kappa shape index (κ2) is 9.87. The van der Waals surface area contributed by atoms with Crippen LogP contribution in [0.1, 0.15) is 24.1 Å². The highest BCUT2D eigenvalue weighted by molar-refractivity contribution is 7.80. The molecule has 140 valence electrons. The van der Waals surface area contributed by atoms with E-state index in [1.165, 1.54) is 0 Å². The van der Waals surface area contributed by atoms with Gasteiger partial charge in [-0.3, -0.25) is 0 Å². The van der Waals surface area contributed by atoms with Gasteiger partial charge >= 0.3 is 0 Å². The molecule has 0 amide bonds. The summed E-state index contributed by atoms with van der Waals surface area (Å²) in [6, 6.07) is 14.0. The Kier molecular flexibility index (Phi) is 7.53.